The van der Waals surface area contributed by atoms with E-state index in [1.807, 2.05) is 0 Å². The van der Waals surface area contributed by atoms with Gasteiger partial charge in [0.05, 0.1) is 4.91 Å². The van der Waals surface area contributed by atoms with Crippen molar-refractivity contribution in [3.63, 3.8) is 0 Å². The molecule has 1 aromatic carbocycles. The predicted molar refractivity (Wildman–Crippen MR) is 103 cm³/mol. The molecule has 5 nitrogen and oxygen atoms in total. The van der Waals surface area contributed by atoms with Gasteiger partial charge in [-0.1, -0.05) is 41.0 Å². The molecular formula is C16H9Cl2N3O2S2. The Morgan fingerprint density at radius 1 is 1.24 bits per heavy atom. The summed E-state index contributed by atoms with van der Waals surface area (Å²) in [6.07, 6.45) is 4.58. The standard InChI is InChI=1S/C16H9Cl2N3O2S2/c17-11-2-1-10(12(18)8-11)7-13-15(23)21(16(24)25-13)20-14(22)9-3-5-19-6-4-9/h1-8H,(H,20,22)/b13-7+. The van der Waals surface area contributed by atoms with Gasteiger partial charge in [-0.15, -0.1) is 0 Å². The van der Waals surface area contributed by atoms with Gasteiger partial charge in [0.15, 0.2) is 4.32 Å². The Kier molecular flexibility index (Phi) is 5.39. The topological polar surface area (TPSA) is 62.3 Å². The first-order valence-corrected chi connectivity index (χ1v) is 8.88. The van der Waals surface area contributed by atoms with Crippen molar-refractivity contribution in [2.45, 2.75) is 0 Å². The Morgan fingerprint density at radius 3 is 2.64 bits per heavy atom. The molecule has 0 aliphatic carbocycles. The molecule has 0 atom stereocenters. The van der Waals surface area contributed by atoms with Crippen molar-refractivity contribution >= 4 is 69.4 Å². The minimum atomic E-state index is -0.454. The van der Waals surface area contributed by atoms with Gasteiger partial charge in [-0.3, -0.25) is 20.0 Å². The van der Waals surface area contributed by atoms with E-state index in [0.29, 0.717) is 26.1 Å². The summed E-state index contributed by atoms with van der Waals surface area (Å²) >= 11 is 18.2. The van der Waals surface area contributed by atoms with Crippen molar-refractivity contribution in [1.82, 2.24) is 15.4 Å². The molecule has 1 N–H and O–H groups in total. The third-order valence-electron chi connectivity index (χ3n) is 3.20. The van der Waals surface area contributed by atoms with E-state index in [-0.39, 0.29) is 4.32 Å². The zero-order valence-electron chi connectivity index (χ0n) is 12.4. The average Bonchev–Trinajstić information content (AvgIpc) is 2.85. The lowest BCUT2D eigenvalue weighted by molar-refractivity contribution is -0.123. The third-order valence-corrected chi connectivity index (χ3v) is 5.06. The number of benzene rings is 1. The van der Waals surface area contributed by atoms with Gasteiger partial charge in [0, 0.05) is 28.0 Å². The predicted octanol–water partition coefficient (Wildman–Crippen LogP) is 3.93. The summed E-state index contributed by atoms with van der Waals surface area (Å²) in [5.41, 5.74) is 3.50. The van der Waals surface area contributed by atoms with Gasteiger partial charge >= 0.3 is 0 Å². The molecule has 2 amide bonds. The monoisotopic (exact) mass is 409 g/mol. The summed E-state index contributed by atoms with van der Waals surface area (Å²) in [5, 5.41) is 1.95. The number of aromatic nitrogens is 1. The van der Waals surface area contributed by atoms with E-state index in [1.165, 1.54) is 24.5 Å². The second kappa shape index (κ2) is 7.53. The summed E-state index contributed by atoms with van der Waals surface area (Å²) in [7, 11) is 0. The van der Waals surface area contributed by atoms with Crippen molar-refractivity contribution in [1.29, 1.82) is 0 Å². The zero-order valence-corrected chi connectivity index (χ0v) is 15.5. The van der Waals surface area contributed by atoms with Gasteiger partial charge in [-0.2, -0.15) is 5.01 Å². The van der Waals surface area contributed by atoms with E-state index < -0.39 is 11.8 Å². The van der Waals surface area contributed by atoms with Crippen LogP contribution >= 0.6 is 47.2 Å². The van der Waals surface area contributed by atoms with E-state index in [0.717, 1.165) is 16.8 Å². The Balaban J connectivity index is 1.80. The highest BCUT2D eigenvalue weighted by atomic mass is 35.5. The van der Waals surface area contributed by atoms with Crippen LogP contribution in [0.3, 0.4) is 0 Å². The molecule has 2 aromatic rings. The third kappa shape index (κ3) is 4.01. The number of thioether (sulfide) groups is 1. The van der Waals surface area contributed by atoms with Gasteiger partial charge in [0.1, 0.15) is 0 Å². The fourth-order valence-corrected chi connectivity index (χ4v) is 3.63. The number of thiocarbonyl (C=S) groups is 1. The van der Waals surface area contributed by atoms with E-state index in [1.54, 1.807) is 24.3 Å². The molecule has 1 fully saturated rings. The Bertz CT molecular complexity index is 904. The van der Waals surface area contributed by atoms with Crippen molar-refractivity contribution < 1.29 is 9.59 Å². The van der Waals surface area contributed by atoms with Crippen molar-refractivity contribution in [3.05, 3.63) is 68.8 Å². The van der Waals surface area contributed by atoms with Gasteiger partial charge in [0.2, 0.25) is 0 Å². The quantitative estimate of drug-likeness (QED) is 0.614. The number of carbonyl (C=O) groups excluding carboxylic acids is 2. The maximum Gasteiger partial charge on any atom is 0.285 e. The Labute approximate surface area is 163 Å². The average molecular weight is 410 g/mol. The number of hydrazine groups is 1. The number of rotatable bonds is 3. The van der Waals surface area contributed by atoms with Crippen LogP contribution in [0.15, 0.2) is 47.6 Å². The molecule has 1 aliphatic rings. The van der Waals surface area contributed by atoms with Crippen LogP contribution in [0.5, 0.6) is 0 Å². The number of nitrogens with one attached hydrogen (secondary N) is 1. The molecule has 1 aromatic heterocycles. The van der Waals surface area contributed by atoms with E-state index in [9.17, 15) is 9.59 Å². The SMILES string of the molecule is O=C(NN1C(=O)/C(=C\c2ccc(Cl)cc2Cl)SC1=S)c1ccncc1. The van der Waals surface area contributed by atoms with Crippen molar-refractivity contribution in [2.24, 2.45) is 0 Å². The summed E-state index contributed by atoms with van der Waals surface area (Å²) in [4.78, 5) is 28.9. The van der Waals surface area contributed by atoms with Crippen LogP contribution in [0.25, 0.3) is 6.08 Å². The number of nitrogens with zero attached hydrogens (tertiary/aromatic N) is 2. The lowest BCUT2D eigenvalue weighted by atomic mass is 10.2. The van der Waals surface area contributed by atoms with Gasteiger partial charge in [-0.25, -0.2) is 0 Å². The molecule has 0 unspecified atom stereocenters. The van der Waals surface area contributed by atoms with Gasteiger partial charge in [-0.05, 0) is 48.1 Å². The highest BCUT2D eigenvalue weighted by molar-refractivity contribution is 8.26. The first-order valence-electron chi connectivity index (χ1n) is 6.90. The molecular weight excluding hydrogens is 401 g/mol. The largest absolute Gasteiger partial charge is 0.285 e. The van der Waals surface area contributed by atoms with Crippen molar-refractivity contribution in [2.75, 3.05) is 0 Å². The summed E-state index contributed by atoms with van der Waals surface area (Å²) in [6, 6.07) is 8.03. The van der Waals surface area contributed by atoms with Crippen LogP contribution in [-0.4, -0.2) is 26.1 Å². The lowest BCUT2D eigenvalue weighted by Gasteiger charge is -2.15. The molecule has 1 aliphatic heterocycles. The highest BCUT2D eigenvalue weighted by Gasteiger charge is 2.33. The van der Waals surface area contributed by atoms with Crippen LogP contribution in [-0.2, 0) is 4.79 Å². The minimum Gasteiger partial charge on any atom is -0.267 e. The lowest BCUT2D eigenvalue weighted by Crippen LogP contribution is -2.44. The number of amides is 2. The maximum atomic E-state index is 12.5. The Hall–Kier alpha value is -1.93. The second-order valence-corrected chi connectivity index (χ2v) is 7.38. The fraction of sp³-hybridized carbons (Fsp3) is 0. The summed E-state index contributed by atoms with van der Waals surface area (Å²) in [5.74, 6) is -0.882. The van der Waals surface area contributed by atoms with Crippen LogP contribution in [0.1, 0.15) is 15.9 Å². The summed E-state index contributed by atoms with van der Waals surface area (Å²) in [6.45, 7) is 0. The Morgan fingerprint density at radius 2 is 1.96 bits per heavy atom. The number of carbonyl (C=O) groups is 2. The van der Waals surface area contributed by atoms with Crippen LogP contribution in [0, 0.1) is 0 Å². The first-order chi connectivity index (χ1) is 12.0. The first kappa shape index (κ1) is 17.9. The number of pyridine rings is 1. The fourth-order valence-electron chi connectivity index (χ4n) is 1.99. The number of hydrogen-bond acceptors (Lipinski definition) is 5. The van der Waals surface area contributed by atoms with Gasteiger partial charge in [0.25, 0.3) is 11.8 Å². The normalized spacial score (nSPS) is 15.8. The van der Waals surface area contributed by atoms with Crippen LogP contribution in [0.2, 0.25) is 10.0 Å². The van der Waals surface area contributed by atoms with E-state index in [2.05, 4.69) is 10.4 Å². The molecule has 0 radical (unpaired) electrons. The molecule has 25 heavy (non-hydrogen) atoms. The molecule has 1 saturated heterocycles. The van der Waals surface area contributed by atoms with Crippen LogP contribution < -0.4 is 5.43 Å². The maximum absolute atomic E-state index is 12.5. The molecule has 9 heteroatoms. The zero-order chi connectivity index (χ0) is 18.0. The molecule has 0 bridgehead atoms. The smallest absolute Gasteiger partial charge is 0.267 e. The van der Waals surface area contributed by atoms with Crippen molar-refractivity contribution in [3.8, 4) is 0 Å². The molecule has 126 valence electrons. The molecule has 2 heterocycles. The molecule has 0 saturated carbocycles. The second-order valence-electron chi connectivity index (χ2n) is 4.86. The molecule has 0 spiro atoms. The number of hydrogen-bond donors (Lipinski definition) is 1. The summed E-state index contributed by atoms with van der Waals surface area (Å²) < 4.78 is 0.226. The highest BCUT2D eigenvalue weighted by Crippen LogP contribution is 2.33. The van der Waals surface area contributed by atoms with E-state index in [4.69, 9.17) is 35.4 Å². The molecule has 3 rings (SSSR count). The van der Waals surface area contributed by atoms with Gasteiger partial charge < -0.3 is 0 Å². The number of halogens is 2. The van der Waals surface area contributed by atoms with E-state index >= 15 is 0 Å². The van der Waals surface area contributed by atoms with Crippen LogP contribution in [0.4, 0.5) is 0 Å². The minimum absolute atomic E-state index is 0.226.